The third-order valence-electron chi connectivity index (χ3n) is 2.98. The van der Waals surface area contributed by atoms with Crippen LogP contribution in [-0.4, -0.2) is 24.5 Å². The molecule has 1 atom stereocenters. The molecule has 6 nitrogen and oxygen atoms in total. The molecule has 10 heteroatoms. The first kappa shape index (κ1) is 18.0. The summed E-state index contributed by atoms with van der Waals surface area (Å²) in [5.74, 6) is -1.71. The highest BCUT2D eigenvalue weighted by Gasteiger charge is 2.25. The first-order valence-corrected chi connectivity index (χ1v) is 9.47. The van der Waals surface area contributed by atoms with Crippen LogP contribution < -0.4 is 4.72 Å². The van der Waals surface area contributed by atoms with Crippen molar-refractivity contribution in [1.82, 2.24) is 4.98 Å². The van der Waals surface area contributed by atoms with Gasteiger partial charge in [-0.1, -0.05) is 36.2 Å². The third kappa shape index (κ3) is 3.95. The first-order valence-electron chi connectivity index (χ1n) is 6.41. The van der Waals surface area contributed by atoms with Gasteiger partial charge in [0.05, 0.1) is 16.0 Å². The monoisotopic (exact) mass is 394 g/mol. The van der Waals surface area contributed by atoms with Crippen molar-refractivity contribution >= 4 is 55.7 Å². The molecule has 1 unspecified atom stereocenters. The Hall–Kier alpha value is -1.35. The Kier molecular flexibility index (Phi) is 5.51. The lowest BCUT2D eigenvalue weighted by atomic mass is 10.1. The van der Waals surface area contributed by atoms with Crippen LogP contribution in [0.3, 0.4) is 0 Å². The number of rotatable bonds is 6. The average Bonchev–Trinajstić information content (AvgIpc) is 2.85. The van der Waals surface area contributed by atoms with Crippen molar-refractivity contribution < 1.29 is 18.3 Å². The maximum atomic E-state index is 12.4. The quantitative estimate of drug-likeness (QED) is 0.775. The molecule has 1 aromatic heterocycles. The predicted molar refractivity (Wildman–Crippen MR) is 90.1 cm³/mol. The van der Waals surface area contributed by atoms with Gasteiger partial charge in [-0.25, -0.2) is 13.4 Å². The van der Waals surface area contributed by atoms with E-state index in [1.807, 2.05) is 0 Å². The molecular formula is C13H12Cl2N2O4S2. The molecule has 0 saturated carbocycles. The lowest BCUT2D eigenvalue weighted by molar-refractivity contribution is -0.138. The molecule has 2 N–H and O–H groups in total. The van der Waals surface area contributed by atoms with Crippen molar-refractivity contribution in [3.8, 4) is 0 Å². The van der Waals surface area contributed by atoms with E-state index in [9.17, 15) is 13.2 Å². The summed E-state index contributed by atoms with van der Waals surface area (Å²) in [6, 6.07) is 4.35. The van der Waals surface area contributed by atoms with Crippen LogP contribution in [0.15, 0.2) is 29.3 Å². The second-order valence-electron chi connectivity index (χ2n) is 4.52. The zero-order valence-electron chi connectivity index (χ0n) is 11.8. The fraction of sp³-hybridized carbons (Fsp3) is 0.231. The van der Waals surface area contributed by atoms with Crippen LogP contribution in [0.5, 0.6) is 0 Å². The van der Waals surface area contributed by atoms with Gasteiger partial charge in [-0.05, 0) is 18.6 Å². The highest BCUT2D eigenvalue weighted by molar-refractivity contribution is 7.93. The molecule has 0 amide bonds. The van der Waals surface area contributed by atoms with Crippen molar-refractivity contribution in [3.05, 3.63) is 39.3 Å². The van der Waals surface area contributed by atoms with E-state index in [4.69, 9.17) is 28.3 Å². The van der Waals surface area contributed by atoms with Crippen LogP contribution in [0, 0.1) is 0 Å². The highest BCUT2D eigenvalue weighted by Crippen LogP contribution is 2.33. The Balaban J connectivity index is 2.32. The summed E-state index contributed by atoms with van der Waals surface area (Å²) in [7, 11) is -4.03. The van der Waals surface area contributed by atoms with E-state index in [-0.39, 0.29) is 20.1 Å². The number of aliphatic carboxylic acids is 1. The molecule has 0 spiro atoms. The van der Waals surface area contributed by atoms with Gasteiger partial charge in [-0.3, -0.25) is 9.52 Å². The normalized spacial score (nSPS) is 12.8. The van der Waals surface area contributed by atoms with Crippen molar-refractivity contribution in [2.75, 3.05) is 4.72 Å². The van der Waals surface area contributed by atoms with Crippen LogP contribution in [-0.2, 0) is 14.8 Å². The summed E-state index contributed by atoms with van der Waals surface area (Å²) in [6.45, 7) is 1.73. The molecule has 0 aliphatic carbocycles. The minimum atomic E-state index is -4.03. The molecule has 0 saturated heterocycles. The van der Waals surface area contributed by atoms with E-state index < -0.39 is 21.9 Å². The first-order chi connectivity index (χ1) is 10.8. The van der Waals surface area contributed by atoms with Gasteiger partial charge in [0.1, 0.15) is 4.90 Å². The molecule has 23 heavy (non-hydrogen) atoms. The summed E-state index contributed by atoms with van der Waals surface area (Å²) in [5, 5.41) is 9.15. The van der Waals surface area contributed by atoms with Gasteiger partial charge in [0.15, 0.2) is 5.13 Å². The number of benzene rings is 1. The zero-order valence-corrected chi connectivity index (χ0v) is 14.9. The largest absolute Gasteiger partial charge is 0.481 e. The Labute approximate surface area is 147 Å². The summed E-state index contributed by atoms with van der Waals surface area (Å²) >= 11 is 12.8. The molecular weight excluding hydrogens is 383 g/mol. The standard InChI is InChI=1S/C13H12Cl2N2O4S2/c1-2-7(12(18)19)10-6-16-13(22-10)17-23(20,21)11-8(14)4-3-5-9(11)15/h3-7H,2H2,1H3,(H,16,17)(H,18,19). The van der Waals surface area contributed by atoms with Gasteiger partial charge in [0, 0.05) is 11.1 Å². The molecule has 0 fully saturated rings. The van der Waals surface area contributed by atoms with E-state index >= 15 is 0 Å². The summed E-state index contributed by atoms with van der Waals surface area (Å²) in [5.41, 5.74) is 0. The zero-order chi connectivity index (χ0) is 17.2. The van der Waals surface area contributed by atoms with Gasteiger partial charge in [0.25, 0.3) is 10.0 Å². The van der Waals surface area contributed by atoms with Crippen LogP contribution in [0.4, 0.5) is 5.13 Å². The smallest absolute Gasteiger partial charge is 0.311 e. The van der Waals surface area contributed by atoms with Crippen LogP contribution in [0.2, 0.25) is 10.0 Å². The number of carbonyl (C=O) groups is 1. The second kappa shape index (κ2) is 7.04. The Bertz CT molecular complexity index is 816. The van der Waals surface area contributed by atoms with E-state index in [1.54, 1.807) is 6.92 Å². The van der Waals surface area contributed by atoms with Gasteiger partial charge in [-0.2, -0.15) is 0 Å². The number of nitrogens with zero attached hydrogens (tertiary/aromatic N) is 1. The Morgan fingerprint density at radius 1 is 1.39 bits per heavy atom. The molecule has 1 aromatic carbocycles. The number of hydrogen-bond donors (Lipinski definition) is 2. The van der Waals surface area contributed by atoms with E-state index in [0.717, 1.165) is 11.3 Å². The number of sulfonamides is 1. The Morgan fingerprint density at radius 2 is 2.00 bits per heavy atom. The number of aromatic nitrogens is 1. The maximum Gasteiger partial charge on any atom is 0.311 e. The molecule has 2 rings (SSSR count). The van der Waals surface area contributed by atoms with E-state index in [1.165, 1.54) is 24.4 Å². The molecule has 2 aromatic rings. The number of hydrogen-bond acceptors (Lipinski definition) is 5. The van der Waals surface area contributed by atoms with Crippen molar-refractivity contribution in [2.24, 2.45) is 0 Å². The van der Waals surface area contributed by atoms with Gasteiger partial charge in [0.2, 0.25) is 0 Å². The highest BCUT2D eigenvalue weighted by atomic mass is 35.5. The van der Waals surface area contributed by atoms with E-state index in [2.05, 4.69) is 9.71 Å². The number of carboxylic acids is 1. The predicted octanol–water partition coefficient (Wildman–Crippen LogP) is 3.83. The minimum absolute atomic E-state index is 0.0150. The van der Waals surface area contributed by atoms with Crippen LogP contribution in [0.1, 0.15) is 24.1 Å². The Morgan fingerprint density at radius 3 is 2.52 bits per heavy atom. The fourth-order valence-corrected chi connectivity index (χ4v) is 5.28. The minimum Gasteiger partial charge on any atom is -0.481 e. The van der Waals surface area contributed by atoms with Crippen LogP contribution in [0.25, 0.3) is 0 Å². The number of carboxylic acid groups (broad SMARTS) is 1. The topological polar surface area (TPSA) is 96.4 Å². The van der Waals surface area contributed by atoms with Gasteiger partial charge >= 0.3 is 5.97 Å². The second-order valence-corrected chi connectivity index (χ2v) is 8.02. The average molecular weight is 395 g/mol. The molecule has 0 aliphatic heterocycles. The van der Waals surface area contributed by atoms with E-state index in [0.29, 0.717) is 11.3 Å². The SMILES string of the molecule is CCC(C(=O)O)c1cnc(NS(=O)(=O)c2c(Cl)cccc2Cl)s1. The lowest BCUT2D eigenvalue weighted by Gasteiger charge is -2.09. The maximum absolute atomic E-state index is 12.4. The summed E-state index contributed by atoms with van der Waals surface area (Å²) < 4.78 is 27.1. The number of anilines is 1. The summed E-state index contributed by atoms with van der Waals surface area (Å²) in [6.07, 6.45) is 1.72. The fourth-order valence-electron chi connectivity index (χ4n) is 1.90. The van der Waals surface area contributed by atoms with Gasteiger partial charge in [-0.15, -0.1) is 11.3 Å². The molecule has 124 valence electrons. The van der Waals surface area contributed by atoms with Crippen molar-refractivity contribution in [3.63, 3.8) is 0 Å². The number of thiazole rings is 1. The van der Waals surface area contributed by atoms with Crippen molar-refractivity contribution in [2.45, 2.75) is 24.2 Å². The molecule has 0 aliphatic rings. The van der Waals surface area contributed by atoms with Crippen molar-refractivity contribution in [1.29, 1.82) is 0 Å². The third-order valence-corrected chi connectivity index (χ3v) is 6.43. The molecule has 1 heterocycles. The lowest BCUT2D eigenvalue weighted by Crippen LogP contribution is -2.13. The summed E-state index contributed by atoms with van der Waals surface area (Å²) in [4.78, 5) is 15.3. The molecule has 0 bridgehead atoms. The number of nitrogens with one attached hydrogen (secondary N) is 1. The molecule has 0 radical (unpaired) electrons. The number of halogens is 2. The van der Waals surface area contributed by atoms with Crippen LogP contribution >= 0.6 is 34.5 Å². The van der Waals surface area contributed by atoms with Gasteiger partial charge < -0.3 is 5.11 Å².